The number of aromatic nitrogens is 1. The topological polar surface area (TPSA) is 50.9 Å². The summed E-state index contributed by atoms with van der Waals surface area (Å²) in [4.78, 5) is 4.10. The Hall–Kier alpha value is -1.78. The average molecular weight is 271 g/mol. The van der Waals surface area contributed by atoms with E-state index in [1.54, 1.807) is 12.3 Å². The van der Waals surface area contributed by atoms with Crippen LogP contribution in [0.2, 0.25) is 0 Å². The summed E-state index contributed by atoms with van der Waals surface area (Å²) in [7, 11) is 0. The molecule has 3 rings (SSSR count). The van der Waals surface area contributed by atoms with Gasteiger partial charge in [0.25, 0.3) is 0 Å². The number of hydrogen-bond donors (Lipinski definition) is 2. The third-order valence-electron chi connectivity index (χ3n) is 3.92. The molecule has 0 spiro atoms. The van der Waals surface area contributed by atoms with Crippen LogP contribution >= 0.6 is 0 Å². The molecule has 3 N–H and O–H groups in total. The van der Waals surface area contributed by atoms with Gasteiger partial charge in [-0.2, -0.15) is 0 Å². The van der Waals surface area contributed by atoms with Crippen molar-refractivity contribution in [2.75, 3.05) is 0 Å². The quantitative estimate of drug-likeness (QED) is 0.663. The van der Waals surface area contributed by atoms with Crippen molar-refractivity contribution < 1.29 is 4.39 Å². The fourth-order valence-electron chi connectivity index (χ4n) is 2.88. The Morgan fingerprint density at radius 1 is 1.25 bits per heavy atom. The van der Waals surface area contributed by atoms with Crippen molar-refractivity contribution in [3.05, 3.63) is 64.7 Å². The smallest absolute Gasteiger partial charge is 0.146 e. The van der Waals surface area contributed by atoms with Gasteiger partial charge in [0.2, 0.25) is 0 Å². The molecule has 4 heteroatoms. The Morgan fingerprint density at radius 2 is 2.10 bits per heavy atom. The van der Waals surface area contributed by atoms with E-state index >= 15 is 0 Å². The number of halogens is 1. The third kappa shape index (κ3) is 2.57. The minimum absolute atomic E-state index is 0.310. The van der Waals surface area contributed by atoms with Crippen molar-refractivity contribution >= 4 is 0 Å². The van der Waals surface area contributed by atoms with Crippen molar-refractivity contribution in [3.8, 4) is 0 Å². The van der Waals surface area contributed by atoms with E-state index in [1.807, 2.05) is 0 Å². The second-order valence-electron chi connectivity index (χ2n) is 5.25. The molecule has 0 amide bonds. The van der Waals surface area contributed by atoms with E-state index in [1.165, 1.54) is 35.6 Å². The monoisotopic (exact) mass is 271 g/mol. The Bertz CT molecular complexity index is 612. The lowest BCUT2D eigenvalue weighted by atomic mass is 9.99. The molecule has 1 aliphatic carbocycles. The summed E-state index contributed by atoms with van der Waals surface area (Å²) in [5.41, 5.74) is 7.07. The molecule has 0 radical (unpaired) electrons. The molecule has 1 atom stereocenters. The first kappa shape index (κ1) is 13.2. The number of hydrazine groups is 1. The van der Waals surface area contributed by atoms with Crippen LogP contribution in [0.1, 0.15) is 34.8 Å². The van der Waals surface area contributed by atoms with E-state index in [9.17, 15) is 4.39 Å². The lowest BCUT2D eigenvalue weighted by molar-refractivity contribution is 0.494. The molecule has 0 bridgehead atoms. The number of aryl methyl sites for hydroxylation is 2. The van der Waals surface area contributed by atoms with Crippen molar-refractivity contribution in [2.45, 2.75) is 31.7 Å². The van der Waals surface area contributed by atoms with Crippen molar-refractivity contribution in [2.24, 2.45) is 5.84 Å². The van der Waals surface area contributed by atoms with Crippen molar-refractivity contribution in [3.63, 3.8) is 0 Å². The maximum atomic E-state index is 13.8. The van der Waals surface area contributed by atoms with Crippen LogP contribution in [0.3, 0.4) is 0 Å². The molecule has 1 aliphatic rings. The predicted molar refractivity (Wildman–Crippen MR) is 76.4 cm³/mol. The Balaban J connectivity index is 1.83. The average Bonchev–Trinajstić information content (AvgIpc) is 2.93. The highest BCUT2D eigenvalue weighted by Gasteiger charge is 2.18. The van der Waals surface area contributed by atoms with Gasteiger partial charge < -0.3 is 0 Å². The summed E-state index contributed by atoms with van der Waals surface area (Å²) in [6.45, 7) is 0. The SMILES string of the molecule is NNC(Cc1ccc2c(c1)CCC2)c1ncccc1F. The maximum absolute atomic E-state index is 13.8. The molecule has 0 saturated heterocycles. The molecule has 3 nitrogen and oxygen atoms in total. The van der Waals surface area contributed by atoms with E-state index in [2.05, 4.69) is 28.6 Å². The summed E-state index contributed by atoms with van der Waals surface area (Å²) in [5.74, 6) is 5.26. The molecule has 20 heavy (non-hydrogen) atoms. The minimum atomic E-state index is -0.323. The molecule has 0 fully saturated rings. The molecule has 1 heterocycles. The van der Waals surface area contributed by atoms with E-state index in [-0.39, 0.29) is 11.9 Å². The highest BCUT2D eigenvalue weighted by molar-refractivity contribution is 5.36. The van der Waals surface area contributed by atoms with Crippen LogP contribution in [0.4, 0.5) is 4.39 Å². The van der Waals surface area contributed by atoms with Crippen LogP contribution in [0, 0.1) is 5.82 Å². The summed E-state index contributed by atoms with van der Waals surface area (Å²) in [6.07, 6.45) is 5.76. The molecule has 0 aliphatic heterocycles. The molecule has 0 saturated carbocycles. The molecular weight excluding hydrogens is 253 g/mol. The van der Waals surface area contributed by atoms with Crippen LogP contribution in [0.15, 0.2) is 36.5 Å². The first-order chi connectivity index (χ1) is 9.78. The number of rotatable bonds is 4. The minimum Gasteiger partial charge on any atom is -0.271 e. The van der Waals surface area contributed by atoms with E-state index in [0.717, 1.165) is 6.42 Å². The van der Waals surface area contributed by atoms with E-state index < -0.39 is 0 Å². The lowest BCUT2D eigenvalue weighted by Crippen LogP contribution is -2.31. The number of nitrogens with one attached hydrogen (secondary N) is 1. The Morgan fingerprint density at radius 3 is 2.90 bits per heavy atom. The first-order valence-electron chi connectivity index (χ1n) is 6.95. The number of hydrogen-bond acceptors (Lipinski definition) is 3. The fraction of sp³-hybridized carbons (Fsp3) is 0.312. The Kier molecular flexibility index (Phi) is 3.76. The fourth-order valence-corrected chi connectivity index (χ4v) is 2.88. The predicted octanol–water partition coefficient (Wildman–Crippen LogP) is 2.46. The molecule has 1 unspecified atom stereocenters. The van der Waals surface area contributed by atoms with Gasteiger partial charge in [-0.25, -0.2) is 4.39 Å². The maximum Gasteiger partial charge on any atom is 0.146 e. The highest BCUT2D eigenvalue weighted by Crippen LogP contribution is 2.25. The molecule has 1 aromatic heterocycles. The number of fused-ring (bicyclic) bond motifs is 1. The largest absolute Gasteiger partial charge is 0.271 e. The zero-order valence-corrected chi connectivity index (χ0v) is 11.3. The lowest BCUT2D eigenvalue weighted by Gasteiger charge is -2.16. The zero-order chi connectivity index (χ0) is 13.9. The number of benzene rings is 1. The van der Waals surface area contributed by atoms with Gasteiger partial charge in [-0.1, -0.05) is 18.2 Å². The molecule has 1 aromatic carbocycles. The number of pyridine rings is 1. The number of nitrogens with zero attached hydrogens (tertiary/aromatic N) is 1. The van der Waals surface area contributed by atoms with Gasteiger partial charge in [-0.3, -0.25) is 16.3 Å². The second kappa shape index (κ2) is 5.69. The Labute approximate surface area is 118 Å². The van der Waals surface area contributed by atoms with E-state index in [4.69, 9.17) is 5.84 Å². The molecule has 2 aromatic rings. The molecule has 104 valence electrons. The standard InChI is InChI=1S/C16H18FN3/c17-14-5-2-8-19-16(14)15(20-18)10-11-6-7-12-3-1-4-13(12)9-11/h2,5-9,15,20H,1,3-4,10,18H2. The van der Waals surface area contributed by atoms with Crippen molar-refractivity contribution in [1.29, 1.82) is 0 Å². The second-order valence-corrected chi connectivity index (χ2v) is 5.25. The normalized spacial score (nSPS) is 15.1. The zero-order valence-electron chi connectivity index (χ0n) is 11.3. The van der Waals surface area contributed by atoms with Gasteiger partial charge in [0.15, 0.2) is 0 Å². The van der Waals surface area contributed by atoms with Crippen LogP contribution in [0.25, 0.3) is 0 Å². The molecular formula is C16H18FN3. The van der Waals surface area contributed by atoms with Crippen LogP contribution in [-0.4, -0.2) is 4.98 Å². The summed E-state index contributed by atoms with van der Waals surface area (Å²) < 4.78 is 13.8. The third-order valence-corrected chi connectivity index (χ3v) is 3.92. The van der Waals surface area contributed by atoms with Gasteiger partial charge in [-0.15, -0.1) is 0 Å². The van der Waals surface area contributed by atoms with Gasteiger partial charge in [0.1, 0.15) is 5.82 Å². The highest BCUT2D eigenvalue weighted by atomic mass is 19.1. The van der Waals surface area contributed by atoms with Crippen LogP contribution in [-0.2, 0) is 19.3 Å². The van der Waals surface area contributed by atoms with Gasteiger partial charge in [0.05, 0.1) is 11.7 Å². The van der Waals surface area contributed by atoms with Crippen LogP contribution in [0.5, 0.6) is 0 Å². The summed E-state index contributed by atoms with van der Waals surface area (Å²) in [5, 5.41) is 0. The summed E-state index contributed by atoms with van der Waals surface area (Å²) >= 11 is 0. The van der Waals surface area contributed by atoms with Gasteiger partial charge >= 0.3 is 0 Å². The summed E-state index contributed by atoms with van der Waals surface area (Å²) in [6, 6.07) is 9.19. The van der Waals surface area contributed by atoms with Gasteiger partial charge in [-0.05, 0) is 54.5 Å². The van der Waals surface area contributed by atoms with Crippen LogP contribution < -0.4 is 11.3 Å². The first-order valence-corrected chi connectivity index (χ1v) is 6.95. The van der Waals surface area contributed by atoms with E-state index in [0.29, 0.717) is 12.1 Å². The van der Waals surface area contributed by atoms with Gasteiger partial charge in [0, 0.05) is 6.20 Å². The van der Waals surface area contributed by atoms with Crippen molar-refractivity contribution in [1.82, 2.24) is 10.4 Å². The number of nitrogens with two attached hydrogens (primary N) is 1.